The Balaban J connectivity index is 1.69. The van der Waals surface area contributed by atoms with Gasteiger partial charge in [0.25, 0.3) is 0 Å². The molecule has 0 atom stereocenters. The topological polar surface area (TPSA) is 85.6 Å². The summed E-state index contributed by atoms with van der Waals surface area (Å²) in [6.45, 7) is 4.30. The number of rotatable bonds is 7. The summed E-state index contributed by atoms with van der Waals surface area (Å²) in [6, 6.07) is 7.05. The van der Waals surface area contributed by atoms with Gasteiger partial charge in [-0.2, -0.15) is 0 Å². The maximum atomic E-state index is 12.1. The molecule has 132 valence electrons. The number of carbonyl (C=O) groups is 1. The monoisotopic (exact) mass is 386 g/mol. The quantitative estimate of drug-likeness (QED) is 0.495. The van der Waals surface area contributed by atoms with Crippen molar-refractivity contribution in [2.45, 2.75) is 11.7 Å². The number of halogens is 1. The average Bonchev–Trinajstić information content (AvgIpc) is 3.06. The van der Waals surface area contributed by atoms with Gasteiger partial charge < -0.3 is 5.32 Å². The zero-order valence-electron chi connectivity index (χ0n) is 13.7. The van der Waals surface area contributed by atoms with Crippen LogP contribution in [0.3, 0.4) is 0 Å². The second-order valence-corrected chi connectivity index (χ2v) is 6.52. The second kappa shape index (κ2) is 8.59. The Morgan fingerprint density at radius 2 is 2.19 bits per heavy atom. The number of nitrogens with zero attached hydrogens (tertiary/aromatic N) is 5. The van der Waals surface area contributed by atoms with Crippen molar-refractivity contribution in [3.05, 3.63) is 60.5 Å². The molecule has 3 aromatic rings. The molecule has 0 unspecified atom stereocenters. The van der Waals surface area contributed by atoms with Gasteiger partial charge in [0.1, 0.15) is 5.82 Å². The highest BCUT2D eigenvalue weighted by atomic mass is 35.5. The number of allylic oxidation sites excluding steroid dienone is 1. The Morgan fingerprint density at radius 3 is 2.88 bits per heavy atom. The summed E-state index contributed by atoms with van der Waals surface area (Å²) in [5.74, 6) is 1.11. The van der Waals surface area contributed by atoms with Crippen LogP contribution in [0.4, 0.5) is 5.82 Å². The molecule has 0 saturated heterocycles. The predicted molar refractivity (Wildman–Crippen MR) is 102 cm³/mol. The maximum absolute atomic E-state index is 12.1. The van der Waals surface area contributed by atoms with E-state index >= 15 is 0 Å². The van der Waals surface area contributed by atoms with Gasteiger partial charge in [-0.25, -0.2) is 4.98 Å². The number of thioether (sulfide) groups is 1. The van der Waals surface area contributed by atoms with Crippen molar-refractivity contribution in [3.8, 4) is 11.4 Å². The summed E-state index contributed by atoms with van der Waals surface area (Å²) in [5, 5.41) is 12.3. The van der Waals surface area contributed by atoms with Crippen LogP contribution in [0.2, 0.25) is 5.02 Å². The van der Waals surface area contributed by atoms with Crippen molar-refractivity contribution >= 4 is 35.1 Å². The molecule has 26 heavy (non-hydrogen) atoms. The van der Waals surface area contributed by atoms with Gasteiger partial charge in [0.05, 0.1) is 10.8 Å². The molecule has 0 aromatic carbocycles. The van der Waals surface area contributed by atoms with E-state index in [0.717, 1.165) is 5.56 Å². The molecule has 0 aliphatic heterocycles. The highest BCUT2D eigenvalue weighted by Gasteiger charge is 2.15. The number of carbonyl (C=O) groups excluding carboxylic acids is 1. The van der Waals surface area contributed by atoms with Gasteiger partial charge in [-0.1, -0.05) is 29.4 Å². The van der Waals surface area contributed by atoms with Crippen molar-refractivity contribution in [2.24, 2.45) is 0 Å². The lowest BCUT2D eigenvalue weighted by Gasteiger charge is -2.07. The maximum Gasteiger partial charge on any atom is 0.236 e. The number of hydrogen-bond acceptors (Lipinski definition) is 6. The van der Waals surface area contributed by atoms with Crippen LogP contribution in [0, 0.1) is 0 Å². The van der Waals surface area contributed by atoms with Crippen LogP contribution < -0.4 is 5.32 Å². The molecular weight excluding hydrogens is 372 g/mol. The van der Waals surface area contributed by atoms with Gasteiger partial charge in [-0.15, -0.1) is 16.8 Å². The van der Waals surface area contributed by atoms with Crippen LogP contribution in [-0.2, 0) is 11.3 Å². The van der Waals surface area contributed by atoms with Gasteiger partial charge in [0, 0.05) is 30.7 Å². The van der Waals surface area contributed by atoms with E-state index < -0.39 is 0 Å². The van der Waals surface area contributed by atoms with Crippen molar-refractivity contribution in [2.75, 3.05) is 11.1 Å². The number of amides is 1. The minimum absolute atomic E-state index is 0.173. The summed E-state index contributed by atoms with van der Waals surface area (Å²) >= 11 is 7.07. The Hall–Kier alpha value is -2.71. The highest BCUT2D eigenvalue weighted by molar-refractivity contribution is 7.99. The first-order valence-electron chi connectivity index (χ1n) is 7.66. The van der Waals surface area contributed by atoms with E-state index in [1.54, 1.807) is 30.6 Å². The average molecular weight is 387 g/mol. The van der Waals surface area contributed by atoms with E-state index in [1.807, 2.05) is 16.7 Å². The minimum Gasteiger partial charge on any atom is -0.310 e. The molecule has 0 spiro atoms. The number of pyridine rings is 2. The Bertz CT molecular complexity index is 897. The number of anilines is 1. The first-order valence-corrected chi connectivity index (χ1v) is 9.02. The Labute approximate surface area is 159 Å². The van der Waals surface area contributed by atoms with Crippen LogP contribution >= 0.6 is 23.4 Å². The molecule has 3 rings (SSSR count). The molecule has 3 aromatic heterocycles. The third-order valence-electron chi connectivity index (χ3n) is 3.28. The van der Waals surface area contributed by atoms with Gasteiger partial charge in [-0.3, -0.25) is 14.3 Å². The number of aromatic nitrogens is 5. The lowest BCUT2D eigenvalue weighted by atomic mass is 10.3. The van der Waals surface area contributed by atoms with Gasteiger partial charge in [-0.05, 0) is 24.3 Å². The van der Waals surface area contributed by atoms with E-state index in [2.05, 4.69) is 32.1 Å². The van der Waals surface area contributed by atoms with Gasteiger partial charge >= 0.3 is 0 Å². The predicted octanol–water partition coefficient (Wildman–Crippen LogP) is 3.31. The highest BCUT2D eigenvalue weighted by Crippen LogP contribution is 2.23. The molecule has 0 aliphatic rings. The van der Waals surface area contributed by atoms with Crippen LogP contribution in [0.25, 0.3) is 11.4 Å². The first-order chi connectivity index (χ1) is 12.7. The van der Waals surface area contributed by atoms with E-state index in [4.69, 9.17) is 11.6 Å². The SMILES string of the molecule is C=CCn1c(SCC(=O)Nc2ccc(Cl)cn2)nnc1-c1cccnc1. The largest absolute Gasteiger partial charge is 0.310 e. The van der Waals surface area contributed by atoms with Gasteiger partial charge in [0.2, 0.25) is 5.91 Å². The fraction of sp³-hybridized carbons (Fsp3) is 0.118. The van der Waals surface area contributed by atoms with Crippen molar-refractivity contribution in [1.29, 1.82) is 0 Å². The molecule has 0 fully saturated rings. The number of hydrogen-bond donors (Lipinski definition) is 1. The minimum atomic E-state index is -0.194. The Morgan fingerprint density at radius 1 is 1.31 bits per heavy atom. The van der Waals surface area contributed by atoms with Crippen molar-refractivity contribution < 1.29 is 4.79 Å². The summed E-state index contributed by atoms with van der Waals surface area (Å²) in [7, 11) is 0. The van der Waals surface area contributed by atoms with Crippen LogP contribution in [0.1, 0.15) is 0 Å². The second-order valence-electron chi connectivity index (χ2n) is 5.15. The molecule has 3 heterocycles. The summed E-state index contributed by atoms with van der Waals surface area (Å²) in [6.07, 6.45) is 6.65. The van der Waals surface area contributed by atoms with E-state index in [-0.39, 0.29) is 11.7 Å². The van der Waals surface area contributed by atoms with E-state index in [9.17, 15) is 4.79 Å². The molecule has 0 radical (unpaired) electrons. The molecule has 0 saturated carbocycles. The molecule has 7 nitrogen and oxygen atoms in total. The molecule has 0 bridgehead atoms. The fourth-order valence-corrected chi connectivity index (χ4v) is 3.02. The van der Waals surface area contributed by atoms with E-state index in [1.165, 1.54) is 18.0 Å². The van der Waals surface area contributed by atoms with Crippen molar-refractivity contribution in [1.82, 2.24) is 24.7 Å². The summed E-state index contributed by atoms with van der Waals surface area (Å²) < 4.78 is 1.89. The molecule has 0 aliphatic carbocycles. The smallest absolute Gasteiger partial charge is 0.236 e. The third-order valence-corrected chi connectivity index (χ3v) is 4.47. The lowest BCUT2D eigenvalue weighted by molar-refractivity contribution is -0.113. The standard InChI is InChI=1S/C17H15ClN6OS/c1-2-8-24-16(12-4-3-7-19-9-12)22-23-17(24)26-11-15(25)21-14-6-5-13(18)10-20-14/h2-7,9-10H,1,8,11H2,(H,20,21,25). The summed E-state index contributed by atoms with van der Waals surface area (Å²) in [5.41, 5.74) is 0.850. The van der Waals surface area contributed by atoms with Crippen molar-refractivity contribution in [3.63, 3.8) is 0 Å². The molecular formula is C17H15ClN6OS. The van der Waals surface area contributed by atoms with Crippen LogP contribution in [0.5, 0.6) is 0 Å². The molecule has 1 N–H and O–H groups in total. The normalized spacial score (nSPS) is 10.5. The number of nitrogens with one attached hydrogen (secondary N) is 1. The third kappa shape index (κ3) is 4.47. The zero-order chi connectivity index (χ0) is 18.4. The first kappa shape index (κ1) is 18.1. The lowest BCUT2D eigenvalue weighted by Crippen LogP contribution is -2.15. The fourth-order valence-electron chi connectivity index (χ4n) is 2.16. The van der Waals surface area contributed by atoms with Gasteiger partial charge in [0.15, 0.2) is 11.0 Å². The van der Waals surface area contributed by atoms with E-state index in [0.29, 0.717) is 28.4 Å². The Kier molecular flexibility index (Phi) is 5.98. The van der Waals surface area contributed by atoms with Crippen LogP contribution in [0.15, 0.2) is 60.7 Å². The molecule has 9 heteroatoms. The van der Waals surface area contributed by atoms with Crippen LogP contribution in [-0.4, -0.2) is 36.4 Å². The molecule has 1 amide bonds. The zero-order valence-corrected chi connectivity index (χ0v) is 15.2. The summed E-state index contributed by atoms with van der Waals surface area (Å²) in [4.78, 5) is 20.3.